The van der Waals surface area contributed by atoms with Gasteiger partial charge in [-0.25, -0.2) is 4.90 Å². The Labute approximate surface area is 141 Å². The third-order valence-corrected chi connectivity index (χ3v) is 7.34. The van der Waals surface area contributed by atoms with Crippen molar-refractivity contribution in [3.8, 4) is 0 Å². The Hall–Kier alpha value is -1.65. The van der Waals surface area contributed by atoms with Crippen molar-refractivity contribution in [1.82, 2.24) is 4.90 Å². The van der Waals surface area contributed by atoms with Crippen LogP contribution in [-0.2, 0) is 19.1 Å². The molecule has 1 atom stereocenters. The zero-order valence-corrected chi connectivity index (χ0v) is 13.9. The number of imide groups is 1. The Morgan fingerprint density at radius 3 is 2.00 bits per heavy atom. The molecule has 1 aliphatic heterocycles. The fourth-order valence-electron chi connectivity index (χ4n) is 6.03. The second-order valence-corrected chi connectivity index (χ2v) is 8.25. The lowest BCUT2D eigenvalue weighted by atomic mass is 9.93. The Bertz CT molecular complexity index is 653. The van der Waals surface area contributed by atoms with Crippen molar-refractivity contribution in [3.05, 3.63) is 11.1 Å². The average Bonchev–Trinajstić information content (AvgIpc) is 3.38. The number of nitrogens with zero attached hydrogens (tertiary/aromatic N) is 1. The zero-order chi connectivity index (χ0) is 16.5. The standard InChI is InChI=1S/C19H23NO4/c21-15-12-5-1-2-6-13(12)16(22)20(15)11-24-17(23)14-18(7-3-4-8-18)19(14)9-10-19/h14H,1-11H2. The van der Waals surface area contributed by atoms with Crippen LogP contribution in [0.15, 0.2) is 11.1 Å². The summed E-state index contributed by atoms with van der Waals surface area (Å²) in [5.41, 5.74) is 1.72. The molecule has 3 fully saturated rings. The van der Waals surface area contributed by atoms with E-state index in [4.69, 9.17) is 4.74 Å². The number of hydrogen-bond donors (Lipinski definition) is 0. The molecule has 0 aromatic rings. The third-order valence-electron chi connectivity index (χ3n) is 7.34. The van der Waals surface area contributed by atoms with Crippen LogP contribution in [0.2, 0.25) is 0 Å². The first-order chi connectivity index (χ1) is 11.6. The number of rotatable bonds is 3. The van der Waals surface area contributed by atoms with E-state index >= 15 is 0 Å². The molecule has 24 heavy (non-hydrogen) atoms. The van der Waals surface area contributed by atoms with Gasteiger partial charge in [0.25, 0.3) is 11.8 Å². The predicted octanol–water partition coefficient (Wildman–Crippen LogP) is 2.70. The van der Waals surface area contributed by atoms with Gasteiger partial charge in [0.2, 0.25) is 0 Å². The van der Waals surface area contributed by atoms with Crippen LogP contribution in [0.25, 0.3) is 0 Å². The number of carbonyl (C=O) groups is 3. The van der Waals surface area contributed by atoms with Crippen LogP contribution in [-0.4, -0.2) is 29.4 Å². The van der Waals surface area contributed by atoms with Crippen LogP contribution in [0.1, 0.15) is 64.2 Å². The maximum absolute atomic E-state index is 12.6. The van der Waals surface area contributed by atoms with Crippen LogP contribution in [0.4, 0.5) is 0 Å². The van der Waals surface area contributed by atoms with E-state index in [9.17, 15) is 14.4 Å². The molecule has 2 spiro atoms. The highest BCUT2D eigenvalue weighted by Gasteiger charge is 2.84. The van der Waals surface area contributed by atoms with Crippen molar-refractivity contribution in [1.29, 1.82) is 0 Å². The molecule has 5 nitrogen and oxygen atoms in total. The monoisotopic (exact) mass is 329 g/mol. The molecule has 1 unspecified atom stereocenters. The van der Waals surface area contributed by atoms with Crippen LogP contribution >= 0.6 is 0 Å². The van der Waals surface area contributed by atoms with Crippen molar-refractivity contribution in [3.63, 3.8) is 0 Å². The van der Waals surface area contributed by atoms with Gasteiger partial charge in [0.15, 0.2) is 6.73 Å². The number of hydrogen-bond acceptors (Lipinski definition) is 4. The van der Waals surface area contributed by atoms with Gasteiger partial charge in [-0.3, -0.25) is 14.4 Å². The van der Waals surface area contributed by atoms with Crippen molar-refractivity contribution >= 4 is 17.8 Å². The summed E-state index contributed by atoms with van der Waals surface area (Å²) in [4.78, 5) is 38.5. The highest BCUT2D eigenvalue weighted by molar-refractivity contribution is 6.19. The molecule has 2 amide bonds. The van der Waals surface area contributed by atoms with E-state index in [-0.39, 0.29) is 41.3 Å². The van der Waals surface area contributed by atoms with Gasteiger partial charge in [0.05, 0.1) is 5.92 Å². The predicted molar refractivity (Wildman–Crippen MR) is 84.4 cm³/mol. The normalized spacial score (nSPS) is 31.8. The van der Waals surface area contributed by atoms with Gasteiger partial charge >= 0.3 is 5.97 Å². The first-order valence-corrected chi connectivity index (χ1v) is 9.36. The first kappa shape index (κ1) is 14.7. The maximum atomic E-state index is 12.6. The molecule has 4 aliphatic carbocycles. The molecule has 0 aromatic heterocycles. The van der Waals surface area contributed by atoms with Gasteiger partial charge in [0.1, 0.15) is 0 Å². The van der Waals surface area contributed by atoms with Crippen molar-refractivity contribution in [2.75, 3.05) is 6.73 Å². The molecular formula is C19H23NO4. The Kier molecular flexibility index (Phi) is 2.88. The number of ether oxygens (including phenoxy) is 1. The van der Waals surface area contributed by atoms with E-state index in [1.807, 2.05) is 0 Å². The van der Waals surface area contributed by atoms with Gasteiger partial charge in [0, 0.05) is 11.1 Å². The second kappa shape index (κ2) is 4.70. The lowest BCUT2D eigenvalue weighted by Gasteiger charge is -2.15. The summed E-state index contributed by atoms with van der Waals surface area (Å²) in [5.74, 6) is -0.646. The molecule has 0 aromatic carbocycles. The van der Waals surface area contributed by atoms with E-state index in [1.165, 1.54) is 12.8 Å². The largest absolute Gasteiger partial charge is 0.443 e. The van der Waals surface area contributed by atoms with Crippen molar-refractivity contribution in [2.45, 2.75) is 64.2 Å². The molecule has 1 heterocycles. The second-order valence-electron chi connectivity index (χ2n) is 8.25. The average molecular weight is 329 g/mol. The minimum atomic E-state index is -0.241. The Balaban J connectivity index is 1.25. The summed E-state index contributed by atoms with van der Waals surface area (Å²) in [5, 5.41) is 0. The maximum Gasteiger partial charge on any atom is 0.311 e. The number of carbonyl (C=O) groups excluding carboxylic acids is 3. The van der Waals surface area contributed by atoms with E-state index in [0.717, 1.165) is 43.4 Å². The van der Waals surface area contributed by atoms with Crippen molar-refractivity contribution < 1.29 is 19.1 Å². The summed E-state index contributed by atoms with van der Waals surface area (Å²) in [6, 6.07) is 0. The van der Waals surface area contributed by atoms with Gasteiger partial charge in [-0.15, -0.1) is 0 Å². The molecule has 0 saturated heterocycles. The summed E-state index contributed by atoms with van der Waals surface area (Å²) in [6.07, 6.45) is 10.3. The number of amides is 2. The molecule has 5 rings (SSSR count). The summed E-state index contributed by atoms with van der Waals surface area (Å²) in [6.45, 7) is -0.202. The lowest BCUT2D eigenvalue weighted by Crippen LogP contribution is -2.35. The fraction of sp³-hybridized carbons (Fsp3) is 0.737. The minimum Gasteiger partial charge on any atom is -0.443 e. The molecular weight excluding hydrogens is 306 g/mol. The molecule has 128 valence electrons. The zero-order valence-electron chi connectivity index (χ0n) is 13.9. The number of fused-ring (bicyclic) bond motifs is 1. The van der Waals surface area contributed by atoms with Gasteiger partial charge in [-0.1, -0.05) is 12.8 Å². The lowest BCUT2D eigenvalue weighted by molar-refractivity contribution is -0.157. The highest BCUT2D eigenvalue weighted by atomic mass is 16.5. The molecule has 0 N–H and O–H groups in total. The van der Waals surface area contributed by atoms with Gasteiger partial charge in [-0.2, -0.15) is 0 Å². The third kappa shape index (κ3) is 1.68. The van der Waals surface area contributed by atoms with Gasteiger partial charge < -0.3 is 4.74 Å². The SMILES string of the molecule is O=C(OCN1C(=O)C2=C(CCCC2)C1=O)C1C2(CCCC2)C12CC2. The summed E-state index contributed by atoms with van der Waals surface area (Å²) in [7, 11) is 0. The van der Waals surface area contributed by atoms with Crippen LogP contribution < -0.4 is 0 Å². The van der Waals surface area contributed by atoms with Crippen LogP contribution in [0.3, 0.4) is 0 Å². The van der Waals surface area contributed by atoms with Crippen LogP contribution in [0.5, 0.6) is 0 Å². The van der Waals surface area contributed by atoms with Crippen LogP contribution in [0, 0.1) is 16.7 Å². The molecule has 3 saturated carbocycles. The molecule has 5 aliphatic rings. The topological polar surface area (TPSA) is 63.7 Å². The number of esters is 1. The van der Waals surface area contributed by atoms with E-state index < -0.39 is 0 Å². The quantitative estimate of drug-likeness (QED) is 0.590. The smallest absolute Gasteiger partial charge is 0.311 e. The highest BCUT2D eigenvalue weighted by Crippen LogP contribution is 2.87. The molecule has 0 bridgehead atoms. The fourth-order valence-corrected chi connectivity index (χ4v) is 6.03. The summed E-state index contributed by atoms with van der Waals surface area (Å²) < 4.78 is 5.48. The molecule has 5 heteroatoms. The van der Waals surface area contributed by atoms with E-state index in [0.29, 0.717) is 24.0 Å². The Morgan fingerprint density at radius 1 is 0.917 bits per heavy atom. The molecule has 0 radical (unpaired) electrons. The minimum absolute atomic E-state index is 0.0166. The summed E-state index contributed by atoms with van der Waals surface area (Å²) >= 11 is 0. The van der Waals surface area contributed by atoms with Gasteiger partial charge in [-0.05, 0) is 62.2 Å². The van der Waals surface area contributed by atoms with E-state index in [1.54, 1.807) is 0 Å². The van der Waals surface area contributed by atoms with Crippen molar-refractivity contribution in [2.24, 2.45) is 16.7 Å². The first-order valence-electron chi connectivity index (χ1n) is 9.36. The Morgan fingerprint density at radius 2 is 1.46 bits per heavy atom. The van der Waals surface area contributed by atoms with E-state index in [2.05, 4.69) is 0 Å².